The van der Waals surface area contributed by atoms with Gasteiger partial charge < -0.3 is 14.9 Å². The first-order valence-corrected chi connectivity index (χ1v) is 4.11. The van der Waals surface area contributed by atoms with E-state index in [2.05, 4.69) is 30.0 Å². The summed E-state index contributed by atoms with van der Waals surface area (Å²) in [5.41, 5.74) is 0. The summed E-state index contributed by atoms with van der Waals surface area (Å²) >= 11 is 5.03. The van der Waals surface area contributed by atoms with Crippen LogP contribution >= 0.6 is 13.6 Å². The van der Waals surface area contributed by atoms with Gasteiger partial charge >= 0.3 is 30.0 Å². The fraction of sp³-hybridized carbons (Fsp3) is 0. The fourth-order valence-electron chi connectivity index (χ4n) is 0. The monoisotopic (exact) mass is 211 g/mol. The molecule has 0 nitrogen and oxygen atoms in total. The third-order valence-corrected chi connectivity index (χ3v) is 0. The van der Waals surface area contributed by atoms with Crippen LogP contribution in [0.3, 0.4) is 0 Å². The smallest absolute Gasteiger partial charge is 0.358 e. The standard InChI is InChI=1S/2CH3.BrH.Ru/h2*1H3;1H;/q2*-1;;+3/p-1. The largest absolute Gasteiger partial charge is 0.358 e. The van der Waals surface area contributed by atoms with E-state index < -0.39 is 0 Å². The van der Waals surface area contributed by atoms with Crippen LogP contribution in [0.4, 0.5) is 0 Å². The normalized spacial score (nSPS) is 1.25. The molecule has 0 aromatic carbocycles. The zero-order chi connectivity index (χ0) is 2.00. The minimum atomic E-state index is 0. The molecule has 0 rings (SSSR count). The fourth-order valence-corrected chi connectivity index (χ4v) is 0. The van der Waals surface area contributed by atoms with Crippen molar-refractivity contribution >= 4 is 13.6 Å². The molecule has 0 aromatic rings. The molecule has 0 saturated heterocycles. The van der Waals surface area contributed by atoms with Gasteiger partial charge in [0.1, 0.15) is 0 Å². The van der Waals surface area contributed by atoms with Crippen LogP contribution in [0, 0.1) is 14.9 Å². The molecule has 0 fully saturated rings. The minimum absolute atomic E-state index is 0. The Morgan fingerprint density at radius 3 is 1.00 bits per heavy atom. The zero-order valence-electron chi connectivity index (χ0n) is 2.73. The van der Waals surface area contributed by atoms with Crippen LogP contribution in [0.1, 0.15) is 0 Å². The van der Waals surface area contributed by atoms with E-state index in [1.54, 1.807) is 0 Å². The Balaban J connectivity index is -0.00000000500. The summed E-state index contributed by atoms with van der Waals surface area (Å²) in [6.45, 7) is 0. The molecule has 0 heterocycles. The Labute approximate surface area is 45.0 Å². The van der Waals surface area contributed by atoms with Gasteiger partial charge in [0.05, 0.1) is 0 Å². The first-order chi connectivity index (χ1) is 1.00. The molecule has 0 saturated carbocycles. The Bertz CT molecular complexity index is 6.00. The second-order valence-corrected chi connectivity index (χ2v) is 0. The number of hydrogen-bond acceptors (Lipinski definition) is 0. The average molecular weight is 211 g/mol. The molecule has 29 valence electrons. The van der Waals surface area contributed by atoms with Crippen molar-refractivity contribution in [2.75, 3.05) is 0 Å². The van der Waals surface area contributed by atoms with Crippen LogP contribution < -0.4 is 0 Å². The molecule has 0 radical (unpaired) electrons. The van der Waals surface area contributed by atoms with Crippen molar-refractivity contribution in [3.63, 3.8) is 0 Å². The predicted molar refractivity (Wildman–Crippen MR) is 21.8 cm³/mol. The Hall–Kier alpha value is 1.10. The summed E-state index contributed by atoms with van der Waals surface area (Å²) in [5, 5.41) is 0. The second kappa shape index (κ2) is 32.5. The van der Waals surface area contributed by atoms with Crippen LogP contribution in [0.2, 0.25) is 0 Å². The van der Waals surface area contributed by atoms with Crippen molar-refractivity contribution in [1.29, 1.82) is 0 Å². The van der Waals surface area contributed by atoms with E-state index in [4.69, 9.17) is 0 Å². The Kier molecular flexibility index (Phi) is 158. The van der Waals surface area contributed by atoms with Crippen LogP contribution in [-0.4, -0.2) is 0 Å². The van der Waals surface area contributed by atoms with Crippen molar-refractivity contribution in [3.8, 4) is 0 Å². The van der Waals surface area contributed by atoms with Gasteiger partial charge in [-0.1, -0.05) is 0 Å². The van der Waals surface area contributed by atoms with Gasteiger partial charge in [0.25, 0.3) is 0 Å². The molecule has 4 heavy (non-hydrogen) atoms. The van der Waals surface area contributed by atoms with E-state index in [9.17, 15) is 0 Å². The van der Waals surface area contributed by atoms with Gasteiger partial charge in [-0.25, -0.2) is 0 Å². The van der Waals surface area contributed by atoms with Gasteiger partial charge in [-0.3, -0.25) is 0 Å². The van der Waals surface area contributed by atoms with Crippen LogP contribution in [-0.2, 0) is 16.3 Å². The summed E-state index contributed by atoms with van der Waals surface area (Å²) in [7, 11) is 0. The van der Waals surface area contributed by atoms with Crippen molar-refractivity contribution in [3.05, 3.63) is 14.9 Å². The Morgan fingerprint density at radius 1 is 1.00 bits per heavy atom. The van der Waals surface area contributed by atoms with E-state index >= 15 is 0 Å². The summed E-state index contributed by atoms with van der Waals surface area (Å²) in [6.07, 6.45) is 0. The summed E-state index contributed by atoms with van der Waals surface area (Å²) < 4.78 is 0. The van der Waals surface area contributed by atoms with Gasteiger partial charge in [0.2, 0.25) is 0 Å². The quantitative estimate of drug-likeness (QED) is 0.423. The summed E-state index contributed by atoms with van der Waals surface area (Å²) in [5.74, 6) is 0. The molecule has 0 amide bonds. The third-order valence-electron chi connectivity index (χ3n) is 0. The molecular formula is C2H6BrRu. The second-order valence-electron chi connectivity index (χ2n) is 0. The summed E-state index contributed by atoms with van der Waals surface area (Å²) in [4.78, 5) is 0. The molecule has 0 bridgehead atoms. The molecule has 2 heteroatoms. The molecule has 0 aliphatic rings. The van der Waals surface area contributed by atoms with E-state index in [1.807, 2.05) is 0 Å². The van der Waals surface area contributed by atoms with Gasteiger partial charge in [-0.05, 0) is 0 Å². The molecule has 0 N–H and O–H groups in total. The van der Waals surface area contributed by atoms with Gasteiger partial charge in [0, 0.05) is 0 Å². The first kappa shape index (κ1) is 19.4. The van der Waals surface area contributed by atoms with Crippen molar-refractivity contribution < 1.29 is 16.3 Å². The average Bonchev–Trinajstić information content (AvgIpc) is 1.00. The molecule has 0 aliphatic heterocycles. The van der Waals surface area contributed by atoms with Crippen LogP contribution in [0.15, 0.2) is 0 Å². The van der Waals surface area contributed by atoms with Crippen molar-refractivity contribution in [2.24, 2.45) is 0 Å². The van der Waals surface area contributed by atoms with Crippen LogP contribution in [0.25, 0.3) is 0 Å². The topological polar surface area (TPSA) is 0 Å². The zero-order valence-corrected chi connectivity index (χ0v) is 6.06. The maximum atomic E-state index is 2.87. The van der Waals surface area contributed by atoms with E-state index in [0.717, 1.165) is 0 Å². The molecular weight excluding hydrogens is 205 g/mol. The summed E-state index contributed by atoms with van der Waals surface area (Å²) in [6, 6.07) is 0. The predicted octanol–water partition coefficient (Wildman–Crippen LogP) is 1.74. The minimum Gasteiger partial charge on any atom is -0.358 e. The molecule has 0 aliphatic carbocycles. The van der Waals surface area contributed by atoms with Crippen molar-refractivity contribution in [1.82, 2.24) is 0 Å². The van der Waals surface area contributed by atoms with Gasteiger partial charge in [-0.15, -0.1) is 0 Å². The Morgan fingerprint density at radius 2 is 1.00 bits per heavy atom. The SMILES string of the molecule is [Br][Ru+2].[CH3-].[CH3-]. The number of halogens is 1. The molecule has 0 atom stereocenters. The number of hydrogen-bond donors (Lipinski definition) is 0. The van der Waals surface area contributed by atoms with Gasteiger partial charge in [-0.2, -0.15) is 0 Å². The van der Waals surface area contributed by atoms with E-state index in [1.165, 1.54) is 0 Å². The maximum Gasteiger partial charge on any atom is -0.358 e. The molecule has 0 unspecified atom stereocenters. The van der Waals surface area contributed by atoms with Gasteiger partial charge in [0.15, 0.2) is 0 Å². The molecule has 0 spiro atoms. The molecule has 0 aromatic heterocycles. The van der Waals surface area contributed by atoms with Crippen LogP contribution in [0.5, 0.6) is 0 Å². The maximum absolute atomic E-state index is 2.87. The van der Waals surface area contributed by atoms with E-state index in [-0.39, 0.29) is 14.9 Å². The first-order valence-electron chi connectivity index (χ1n) is 0.134. The van der Waals surface area contributed by atoms with Crippen molar-refractivity contribution in [2.45, 2.75) is 0 Å². The third kappa shape index (κ3) is 11.3. The van der Waals surface area contributed by atoms with E-state index in [0.29, 0.717) is 0 Å². The number of rotatable bonds is 0.